The monoisotopic (exact) mass is 432 g/mol. The summed E-state index contributed by atoms with van der Waals surface area (Å²) in [5.74, 6) is 2.18. The van der Waals surface area contributed by atoms with Gasteiger partial charge in [-0.1, -0.05) is 75.9 Å². The third-order valence-corrected chi connectivity index (χ3v) is 6.92. The summed E-state index contributed by atoms with van der Waals surface area (Å²) in [6, 6.07) is 15.1. The molecule has 32 heavy (non-hydrogen) atoms. The third-order valence-electron chi connectivity index (χ3n) is 6.92. The lowest BCUT2D eigenvalue weighted by atomic mass is 9.97. The molecule has 170 valence electrons. The predicted molar refractivity (Wildman–Crippen MR) is 131 cm³/mol. The minimum absolute atomic E-state index is 0.224. The van der Waals surface area contributed by atoms with Crippen LogP contribution in [-0.2, 0) is 17.8 Å². The maximum Gasteiger partial charge on any atom is 0.256 e. The number of benzene rings is 2. The van der Waals surface area contributed by atoms with Crippen LogP contribution in [0.3, 0.4) is 0 Å². The number of amides is 1. The number of ether oxygens (including phenoxy) is 1. The molecule has 1 fully saturated rings. The van der Waals surface area contributed by atoms with Crippen molar-refractivity contribution in [3.05, 3.63) is 53.6 Å². The zero-order valence-electron chi connectivity index (χ0n) is 19.8. The molecule has 0 atom stereocenters. The number of methoxy groups -OCH3 is 1. The molecule has 0 unspecified atom stereocenters. The number of rotatable bonds is 9. The van der Waals surface area contributed by atoms with Gasteiger partial charge in [0.15, 0.2) is 0 Å². The standard InChI is InChI=1S/C28H36N2O2/c1-4-6-10-26-29-28(17-7-8-18-28)27(31)30(26)20-21-11-13-22(14-12-21)24-16-15-23(9-5-2)25(19-24)32-3/h11-16,19H,4-10,17-18,20H2,1-3H3. The number of carbonyl (C=O) groups excluding carboxylic acids is 1. The molecule has 0 saturated heterocycles. The normalized spacial score (nSPS) is 17.3. The second-order valence-corrected chi connectivity index (χ2v) is 9.24. The Bertz CT molecular complexity index is 971. The fraction of sp³-hybridized carbons (Fsp3) is 0.500. The van der Waals surface area contributed by atoms with E-state index in [4.69, 9.17) is 9.73 Å². The summed E-state index contributed by atoms with van der Waals surface area (Å²) < 4.78 is 5.62. The lowest BCUT2D eigenvalue weighted by Gasteiger charge is -2.23. The number of hydrogen-bond donors (Lipinski definition) is 0. The minimum atomic E-state index is -0.459. The Labute approximate surface area is 192 Å². The van der Waals surface area contributed by atoms with Gasteiger partial charge in [0.1, 0.15) is 17.1 Å². The van der Waals surface area contributed by atoms with Crippen LogP contribution in [0.25, 0.3) is 11.1 Å². The number of aryl methyl sites for hydroxylation is 1. The number of nitrogens with zero attached hydrogens (tertiary/aromatic N) is 2. The molecular formula is C28H36N2O2. The molecule has 1 heterocycles. The summed E-state index contributed by atoms with van der Waals surface area (Å²) in [7, 11) is 1.74. The molecule has 0 N–H and O–H groups in total. The summed E-state index contributed by atoms with van der Waals surface area (Å²) in [6.07, 6.45) is 9.25. The molecule has 2 aromatic rings. The van der Waals surface area contributed by atoms with Crippen molar-refractivity contribution in [1.29, 1.82) is 0 Å². The van der Waals surface area contributed by atoms with E-state index in [1.165, 1.54) is 5.56 Å². The molecule has 4 rings (SSSR count). The van der Waals surface area contributed by atoms with E-state index in [2.05, 4.69) is 56.3 Å². The molecule has 2 aliphatic rings. The predicted octanol–water partition coefficient (Wildman–Crippen LogP) is 6.56. The van der Waals surface area contributed by atoms with Gasteiger partial charge in [0.2, 0.25) is 0 Å². The Balaban J connectivity index is 1.52. The van der Waals surface area contributed by atoms with Gasteiger partial charge in [0, 0.05) is 6.42 Å². The average molecular weight is 433 g/mol. The van der Waals surface area contributed by atoms with Gasteiger partial charge in [-0.2, -0.15) is 0 Å². The molecule has 0 aromatic heterocycles. The second kappa shape index (κ2) is 9.89. The van der Waals surface area contributed by atoms with Crippen molar-refractivity contribution < 1.29 is 9.53 Å². The van der Waals surface area contributed by atoms with Gasteiger partial charge in [0.05, 0.1) is 13.7 Å². The largest absolute Gasteiger partial charge is 0.496 e. The highest BCUT2D eigenvalue weighted by atomic mass is 16.5. The van der Waals surface area contributed by atoms with Crippen molar-refractivity contribution in [2.45, 2.75) is 83.7 Å². The van der Waals surface area contributed by atoms with Crippen LogP contribution in [0.5, 0.6) is 5.75 Å². The Hall–Kier alpha value is -2.62. The second-order valence-electron chi connectivity index (χ2n) is 9.24. The summed E-state index contributed by atoms with van der Waals surface area (Å²) in [5, 5.41) is 0. The highest BCUT2D eigenvalue weighted by molar-refractivity contribution is 6.08. The maximum absolute atomic E-state index is 13.3. The first-order valence-electron chi connectivity index (χ1n) is 12.3. The van der Waals surface area contributed by atoms with Gasteiger partial charge in [-0.25, -0.2) is 0 Å². The topological polar surface area (TPSA) is 41.9 Å². The lowest BCUT2D eigenvalue weighted by Crippen LogP contribution is -2.40. The Morgan fingerprint density at radius 2 is 1.69 bits per heavy atom. The first-order chi connectivity index (χ1) is 15.6. The molecule has 4 nitrogen and oxygen atoms in total. The molecule has 1 aliphatic heterocycles. The highest BCUT2D eigenvalue weighted by Crippen LogP contribution is 2.40. The van der Waals surface area contributed by atoms with E-state index in [0.29, 0.717) is 6.54 Å². The van der Waals surface area contributed by atoms with E-state index in [-0.39, 0.29) is 5.91 Å². The van der Waals surface area contributed by atoms with E-state index in [1.807, 2.05) is 4.90 Å². The summed E-state index contributed by atoms with van der Waals surface area (Å²) in [4.78, 5) is 20.3. The Morgan fingerprint density at radius 1 is 0.969 bits per heavy atom. The first kappa shape index (κ1) is 22.6. The van der Waals surface area contributed by atoms with E-state index in [1.54, 1.807) is 7.11 Å². The molecule has 4 heteroatoms. The van der Waals surface area contributed by atoms with Crippen LogP contribution >= 0.6 is 0 Å². The number of hydrogen-bond acceptors (Lipinski definition) is 3. The van der Waals surface area contributed by atoms with Crippen LogP contribution in [0, 0.1) is 0 Å². The molecule has 0 radical (unpaired) electrons. The molecule has 1 saturated carbocycles. The number of amidine groups is 1. The van der Waals surface area contributed by atoms with Crippen molar-refractivity contribution in [1.82, 2.24) is 4.90 Å². The fourth-order valence-corrected chi connectivity index (χ4v) is 5.08. The number of unbranched alkanes of at least 4 members (excludes halogenated alkanes) is 1. The Morgan fingerprint density at radius 3 is 2.34 bits per heavy atom. The van der Waals surface area contributed by atoms with Gasteiger partial charge in [-0.05, 0) is 54.0 Å². The van der Waals surface area contributed by atoms with Crippen LogP contribution in [-0.4, -0.2) is 29.3 Å². The molecule has 1 spiro atoms. The SMILES string of the molecule is CCCCC1=NC2(CCCC2)C(=O)N1Cc1ccc(-c2ccc(CCC)c(OC)c2)cc1. The quantitative estimate of drug-likeness (QED) is 0.450. The van der Waals surface area contributed by atoms with Crippen LogP contribution < -0.4 is 4.74 Å². The van der Waals surface area contributed by atoms with Gasteiger partial charge < -0.3 is 4.74 Å². The van der Waals surface area contributed by atoms with Crippen molar-refractivity contribution in [3.63, 3.8) is 0 Å². The summed E-state index contributed by atoms with van der Waals surface area (Å²) in [6.45, 7) is 4.99. The van der Waals surface area contributed by atoms with Crippen molar-refractivity contribution in [2.75, 3.05) is 7.11 Å². The number of aliphatic imine (C=N–C) groups is 1. The maximum atomic E-state index is 13.3. The highest BCUT2D eigenvalue weighted by Gasteiger charge is 2.49. The lowest BCUT2D eigenvalue weighted by molar-refractivity contribution is -0.131. The molecule has 1 aliphatic carbocycles. The van der Waals surface area contributed by atoms with E-state index < -0.39 is 5.54 Å². The van der Waals surface area contributed by atoms with Gasteiger partial charge >= 0.3 is 0 Å². The fourth-order valence-electron chi connectivity index (χ4n) is 5.08. The zero-order chi connectivity index (χ0) is 22.6. The van der Waals surface area contributed by atoms with Crippen molar-refractivity contribution >= 4 is 11.7 Å². The van der Waals surface area contributed by atoms with Crippen LogP contribution in [0.15, 0.2) is 47.5 Å². The van der Waals surface area contributed by atoms with Crippen LogP contribution in [0.4, 0.5) is 0 Å². The van der Waals surface area contributed by atoms with Crippen LogP contribution in [0.1, 0.15) is 76.3 Å². The molecule has 0 bridgehead atoms. The van der Waals surface area contributed by atoms with Crippen LogP contribution in [0.2, 0.25) is 0 Å². The third kappa shape index (κ3) is 4.46. The Kier molecular flexibility index (Phi) is 6.98. The van der Waals surface area contributed by atoms with E-state index in [9.17, 15) is 4.79 Å². The minimum Gasteiger partial charge on any atom is -0.496 e. The first-order valence-corrected chi connectivity index (χ1v) is 12.3. The van der Waals surface area contributed by atoms with Crippen molar-refractivity contribution in [2.24, 2.45) is 4.99 Å². The van der Waals surface area contributed by atoms with E-state index in [0.717, 1.165) is 86.1 Å². The number of carbonyl (C=O) groups is 1. The molecular weight excluding hydrogens is 396 g/mol. The molecule has 2 aromatic carbocycles. The smallest absolute Gasteiger partial charge is 0.256 e. The van der Waals surface area contributed by atoms with Gasteiger partial charge in [0.25, 0.3) is 5.91 Å². The summed E-state index contributed by atoms with van der Waals surface area (Å²) >= 11 is 0. The summed E-state index contributed by atoms with van der Waals surface area (Å²) in [5.41, 5.74) is 4.26. The zero-order valence-corrected chi connectivity index (χ0v) is 19.8. The average Bonchev–Trinajstić information content (AvgIpc) is 3.39. The van der Waals surface area contributed by atoms with Gasteiger partial charge in [-0.15, -0.1) is 0 Å². The molecule has 1 amide bonds. The van der Waals surface area contributed by atoms with Gasteiger partial charge in [-0.3, -0.25) is 14.7 Å². The van der Waals surface area contributed by atoms with Crippen molar-refractivity contribution in [3.8, 4) is 16.9 Å². The van der Waals surface area contributed by atoms with E-state index >= 15 is 0 Å².